The number of hydrogen-bond donors (Lipinski definition) is 1. The molecule has 0 saturated heterocycles. The zero-order valence-electron chi connectivity index (χ0n) is 21.0. The number of aromatic nitrogens is 1. The molecule has 0 fully saturated rings. The van der Waals surface area contributed by atoms with E-state index < -0.39 is 0 Å². The SMILES string of the molecule is Cc1ccc(-c2ccccc2)cc1-c1c(C)ccc2c1ccc1[nH]c3ccc(-c4ccccc4)cc3c12. The van der Waals surface area contributed by atoms with Gasteiger partial charge in [0.1, 0.15) is 0 Å². The summed E-state index contributed by atoms with van der Waals surface area (Å²) >= 11 is 0. The molecule has 0 bridgehead atoms. The molecule has 1 heterocycles. The standard InChI is InChI=1S/C36H27N/c1-23-13-15-27(25-9-5-3-6-10-25)21-31(23)35-24(2)14-17-30-29(35)18-20-34-36(30)32-22-28(16-19-33(32)37-34)26-11-7-4-8-12-26/h3-22,37H,1-2H3. The second-order valence-corrected chi connectivity index (χ2v) is 9.99. The summed E-state index contributed by atoms with van der Waals surface area (Å²) in [6, 6.07) is 44.0. The molecule has 1 heteroatoms. The fraction of sp³-hybridized carbons (Fsp3) is 0.0556. The summed E-state index contributed by atoms with van der Waals surface area (Å²) in [7, 11) is 0. The van der Waals surface area contributed by atoms with Crippen molar-refractivity contribution in [3.63, 3.8) is 0 Å². The summed E-state index contributed by atoms with van der Waals surface area (Å²) in [5.74, 6) is 0. The van der Waals surface area contributed by atoms with Crippen molar-refractivity contribution in [1.82, 2.24) is 4.98 Å². The van der Waals surface area contributed by atoms with Crippen molar-refractivity contribution in [3.05, 3.63) is 132 Å². The molecule has 0 amide bonds. The number of rotatable bonds is 3. The summed E-state index contributed by atoms with van der Waals surface area (Å²) in [6.07, 6.45) is 0. The molecule has 7 aromatic rings. The van der Waals surface area contributed by atoms with Crippen molar-refractivity contribution in [2.45, 2.75) is 13.8 Å². The van der Waals surface area contributed by atoms with Gasteiger partial charge >= 0.3 is 0 Å². The van der Waals surface area contributed by atoms with Crippen LogP contribution in [-0.2, 0) is 0 Å². The lowest BCUT2D eigenvalue weighted by Crippen LogP contribution is -1.91. The van der Waals surface area contributed by atoms with Gasteiger partial charge in [-0.25, -0.2) is 0 Å². The van der Waals surface area contributed by atoms with E-state index >= 15 is 0 Å². The Morgan fingerprint density at radius 1 is 0.432 bits per heavy atom. The van der Waals surface area contributed by atoms with Crippen molar-refractivity contribution < 1.29 is 0 Å². The number of H-pyrrole nitrogens is 1. The Bertz CT molecular complexity index is 1930. The molecule has 1 aromatic heterocycles. The molecule has 0 aliphatic heterocycles. The van der Waals surface area contributed by atoms with Crippen LogP contribution in [0, 0.1) is 13.8 Å². The molecule has 7 rings (SSSR count). The lowest BCUT2D eigenvalue weighted by Gasteiger charge is -2.16. The third-order valence-corrected chi connectivity index (χ3v) is 7.69. The van der Waals surface area contributed by atoms with E-state index in [1.165, 1.54) is 77.1 Å². The Labute approximate surface area is 217 Å². The Hall–Kier alpha value is -4.62. The molecule has 0 radical (unpaired) electrons. The second-order valence-electron chi connectivity index (χ2n) is 9.99. The first-order chi connectivity index (χ1) is 18.2. The highest BCUT2D eigenvalue weighted by Crippen LogP contribution is 2.41. The molecule has 176 valence electrons. The monoisotopic (exact) mass is 473 g/mol. The highest BCUT2D eigenvalue weighted by molar-refractivity contribution is 6.23. The largest absolute Gasteiger partial charge is 0.354 e. The van der Waals surface area contributed by atoms with Crippen molar-refractivity contribution in [1.29, 1.82) is 0 Å². The van der Waals surface area contributed by atoms with E-state index in [0.29, 0.717) is 0 Å². The fourth-order valence-electron chi connectivity index (χ4n) is 5.78. The minimum absolute atomic E-state index is 1.17. The van der Waals surface area contributed by atoms with Gasteiger partial charge in [-0.3, -0.25) is 0 Å². The first-order valence-corrected chi connectivity index (χ1v) is 12.9. The van der Waals surface area contributed by atoms with Crippen molar-refractivity contribution in [2.24, 2.45) is 0 Å². The minimum atomic E-state index is 1.17. The van der Waals surface area contributed by atoms with E-state index in [0.717, 1.165) is 0 Å². The molecule has 0 spiro atoms. The van der Waals surface area contributed by atoms with E-state index in [1.807, 2.05) is 0 Å². The quantitative estimate of drug-likeness (QED) is 0.263. The first kappa shape index (κ1) is 21.6. The average Bonchev–Trinajstić information content (AvgIpc) is 3.33. The molecule has 37 heavy (non-hydrogen) atoms. The summed E-state index contributed by atoms with van der Waals surface area (Å²) in [6.45, 7) is 4.45. The normalized spacial score (nSPS) is 11.5. The van der Waals surface area contributed by atoms with E-state index in [2.05, 4.69) is 140 Å². The smallest absolute Gasteiger partial charge is 0.0471 e. The molecule has 0 aliphatic rings. The fourth-order valence-corrected chi connectivity index (χ4v) is 5.78. The summed E-state index contributed by atoms with van der Waals surface area (Å²) in [5, 5.41) is 5.15. The number of aromatic amines is 1. The molecule has 0 saturated carbocycles. The zero-order chi connectivity index (χ0) is 24.9. The third kappa shape index (κ3) is 3.55. The van der Waals surface area contributed by atoms with Crippen LogP contribution in [0.1, 0.15) is 11.1 Å². The van der Waals surface area contributed by atoms with Crippen LogP contribution >= 0.6 is 0 Å². The highest BCUT2D eigenvalue weighted by Gasteiger charge is 2.16. The van der Waals surface area contributed by atoms with Crippen LogP contribution in [-0.4, -0.2) is 4.98 Å². The molecule has 0 aliphatic carbocycles. The van der Waals surface area contributed by atoms with Crippen molar-refractivity contribution in [2.75, 3.05) is 0 Å². The van der Waals surface area contributed by atoms with Crippen molar-refractivity contribution in [3.8, 4) is 33.4 Å². The molecule has 1 N–H and O–H groups in total. The molecule has 0 unspecified atom stereocenters. The van der Waals surface area contributed by atoms with Crippen LogP contribution in [0.4, 0.5) is 0 Å². The molecule has 0 atom stereocenters. The Morgan fingerprint density at radius 2 is 1.03 bits per heavy atom. The van der Waals surface area contributed by atoms with Gasteiger partial charge in [-0.15, -0.1) is 0 Å². The summed E-state index contributed by atoms with van der Waals surface area (Å²) in [4.78, 5) is 3.66. The van der Waals surface area contributed by atoms with Crippen molar-refractivity contribution >= 4 is 32.6 Å². The maximum Gasteiger partial charge on any atom is 0.0471 e. The molecule has 6 aromatic carbocycles. The van der Waals surface area contributed by atoms with Gasteiger partial charge in [-0.1, -0.05) is 97.1 Å². The van der Waals surface area contributed by atoms with Crippen LogP contribution in [0.3, 0.4) is 0 Å². The maximum absolute atomic E-state index is 3.66. The lowest BCUT2D eigenvalue weighted by atomic mass is 9.88. The summed E-state index contributed by atoms with van der Waals surface area (Å²) in [5.41, 5.74) is 12.5. The zero-order valence-corrected chi connectivity index (χ0v) is 21.0. The van der Waals surface area contributed by atoms with Crippen LogP contribution in [0.25, 0.3) is 66.0 Å². The van der Waals surface area contributed by atoms with Gasteiger partial charge in [-0.2, -0.15) is 0 Å². The lowest BCUT2D eigenvalue weighted by molar-refractivity contribution is 1.42. The molecular formula is C36H27N. The Kier molecular flexibility index (Phi) is 4.97. The average molecular weight is 474 g/mol. The van der Waals surface area contributed by atoms with Gasteiger partial charge < -0.3 is 4.98 Å². The topological polar surface area (TPSA) is 15.8 Å². The number of nitrogens with one attached hydrogen (secondary N) is 1. The Balaban J connectivity index is 1.50. The first-order valence-electron chi connectivity index (χ1n) is 12.9. The van der Waals surface area contributed by atoms with Gasteiger partial charge in [0, 0.05) is 21.8 Å². The summed E-state index contributed by atoms with van der Waals surface area (Å²) < 4.78 is 0. The van der Waals surface area contributed by atoms with E-state index in [-0.39, 0.29) is 0 Å². The van der Waals surface area contributed by atoms with Crippen LogP contribution in [0.5, 0.6) is 0 Å². The van der Waals surface area contributed by atoms with Gasteiger partial charge in [-0.05, 0) is 93.4 Å². The molecular weight excluding hydrogens is 446 g/mol. The van der Waals surface area contributed by atoms with E-state index in [9.17, 15) is 0 Å². The van der Waals surface area contributed by atoms with Gasteiger partial charge in [0.2, 0.25) is 0 Å². The highest BCUT2D eigenvalue weighted by atomic mass is 14.7. The number of aryl methyl sites for hydroxylation is 2. The molecule has 1 nitrogen and oxygen atoms in total. The Morgan fingerprint density at radius 3 is 1.76 bits per heavy atom. The van der Waals surface area contributed by atoms with Crippen LogP contribution in [0.15, 0.2) is 121 Å². The number of fused-ring (bicyclic) bond motifs is 5. The van der Waals surface area contributed by atoms with E-state index in [1.54, 1.807) is 0 Å². The van der Waals surface area contributed by atoms with Gasteiger partial charge in [0.25, 0.3) is 0 Å². The minimum Gasteiger partial charge on any atom is -0.354 e. The van der Waals surface area contributed by atoms with Crippen LogP contribution < -0.4 is 0 Å². The predicted molar refractivity (Wildman–Crippen MR) is 159 cm³/mol. The van der Waals surface area contributed by atoms with E-state index in [4.69, 9.17) is 0 Å². The van der Waals surface area contributed by atoms with Gasteiger partial charge in [0.15, 0.2) is 0 Å². The van der Waals surface area contributed by atoms with Gasteiger partial charge in [0.05, 0.1) is 0 Å². The number of benzene rings is 6. The predicted octanol–water partition coefficient (Wildman–Crippen LogP) is 10.1. The second kappa shape index (κ2) is 8.50. The third-order valence-electron chi connectivity index (χ3n) is 7.69. The maximum atomic E-state index is 3.66. The van der Waals surface area contributed by atoms with Crippen LogP contribution in [0.2, 0.25) is 0 Å². The number of hydrogen-bond acceptors (Lipinski definition) is 0.